The largest absolute Gasteiger partial charge is 0.458 e. The predicted molar refractivity (Wildman–Crippen MR) is 114 cm³/mol. The van der Waals surface area contributed by atoms with Crippen molar-refractivity contribution in [2.75, 3.05) is 6.54 Å². The Kier molecular flexibility index (Phi) is 10.4. The molecule has 36 heavy (non-hydrogen) atoms. The van der Waals surface area contributed by atoms with E-state index in [0.717, 1.165) is 13.8 Å². The first kappa shape index (κ1) is 28.3. The molecule has 0 aromatic carbocycles. The smallest absolute Gasteiger partial charge is 0.303 e. The highest BCUT2D eigenvalue weighted by molar-refractivity contribution is 5.67. The van der Waals surface area contributed by atoms with Crippen LogP contribution in [0.15, 0.2) is 20.5 Å². The molecule has 1 saturated heterocycles. The van der Waals surface area contributed by atoms with Crippen LogP contribution in [0, 0.1) is 0 Å². The van der Waals surface area contributed by atoms with Gasteiger partial charge in [-0.25, -0.2) is 0 Å². The maximum atomic E-state index is 11.8. The first-order chi connectivity index (χ1) is 17.2. The summed E-state index contributed by atoms with van der Waals surface area (Å²) in [5.74, 6) is -1.67. The quantitative estimate of drug-likeness (QED) is 0.197. The van der Waals surface area contributed by atoms with E-state index >= 15 is 0 Å². The van der Waals surface area contributed by atoms with Crippen LogP contribution in [0.4, 0.5) is 0 Å². The molecule has 2 fully saturated rings. The number of nitrogens with zero attached hydrogens (tertiary/aromatic N) is 12. The minimum absolute atomic E-state index is 0.221. The third kappa shape index (κ3) is 6.79. The van der Waals surface area contributed by atoms with Crippen LogP contribution in [0.1, 0.15) is 20.3 Å². The lowest BCUT2D eigenvalue weighted by atomic mass is 9.84. The van der Waals surface area contributed by atoms with Gasteiger partial charge in [0.25, 0.3) is 0 Å². The van der Waals surface area contributed by atoms with E-state index in [1.54, 1.807) is 0 Å². The zero-order valence-corrected chi connectivity index (χ0v) is 18.9. The molecule has 2 rings (SSSR count). The van der Waals surface area contributed by atoms with E-state index in [2.05, 4.69) is 40.1 Å². The fourth-order valence-electron chi connectivity index (χ4n) is 3.97. The van der Waals surface area contributed by atoms with Crippen molar-refractivity contribution in [1.82, 2.24) is 0 Å². The van der Waals surface area contributed by atoms with Gasteiger partial charge in [0.1, 0.15) is 18.2 Å². The Morgan fingerprint density at radius 2 is 1.44 bits per heavy atom. The van der Waals surface area contributed by atoms with E-state index in [4.69, 9.17) is 41.1 Å². The van der Waals surface area contributed by atoms with E-state index in [-0.39, 0.29) is 6.42 Å². The Hall–Kier alpha value is -3.98. The topological polar surface area (TPSA) is 307 Å². The highest BCUT2D eigenvalue weighted by Crippen LogP contribution is 2.34. The van der Waals surface area contributed by atoms with Gasteiger partial charge in [-0.15, -0.1) is 0 Å². The van der Waals surface area contributed by atoms with Gasteiger partial charge in [-0.3, -0.25) is 9.59 Å². The van der Waals surface area contributed by atoms with Gasteiger partial charge in [0.15, 0.2) is 18.5 Å². The van der Waals surface area contributed by atoms with Gasteiger partial charge in [-0.05, 0) is 28.5 Å². The number of azide groups is 4. The third-order valence-electron chi connectivity index (χ3n) is 5.36. The van der Waals surface area contributed by atoms with Gasteiger partial charge in [-0.2, -0.15) is 0 Å². The molecule has 0 aromatic heterocycles. The molecule has 0 radical (unpaired) electrons. The number of ether oxygens (including phenoxy) is 4. The number of aliphatic hydroxyl groups excluding tert-OH is 2. The molecule has 1 aliphatic carbocycles. The van der Waals surface area contributed by atoms with Crippen LogP contribution in [0.25, 0.3) is 41.8 Å². The summed E-state index contributed by atoms with van der Waals surface area (Å²) < 4.78 is 22.0. The lowest BCUT2D eigenvalue weighted by Gasteiger charge is -2.46. The summed E-state index contributed by atoms with van der Waals surface area (Å²) in [6.45, 7) is 1.66. The second-order valence-corrected chi connectivity index (χ2v) is 7.66. The van der Waals surface area contributed by atoms with Crippen molar-refractivity contribution < 1.29 is 38.7 Å². The molecule has 1 heterocycles. The van der Waals surface area contributed by atoms with Gasteiger partial charge < -0.3 is 29.2 Å². The number of hydrogen-bond donors (Lipinski definition) is 2. The molecule has 10 atom stereocenters. The van der Waals surface area contributed by atoms with Gasteiger partial charge in [-0.1, -0.05) is 20.5 Å². The predicted octanol–water partition coefficient (Wildman–Crippen LogP) is 1.43. The van der Waals surface area contributed by atoms with Crippen LogP contribution >= 0.6 is 0 Å². The van der Waals surface area contributed by atoms with E-state index < -0.39 is 79.5 Å². The van der Waals surface area contributed by atoms with E-state index in [9.17, 15) is 19.8 Å². The average Bonchev–Trinajstić information content (AvgIpc) is 2.81. The third-order valence-corrected chi connectivity index (χ3v) is 5.36. The molecule has 1 saturated carbocycles. The zero-order valence-electron chi connectivity index (χ0n) is 18.9. The van der Waals surface area contributed by atoms with Crippen LogP contribution in [0.3, 0.4) is 0 Å². The molecule has 1 aliphatic heterocycles. The van der Waals surface area contributed by atoms with E-state index in [1.165, 1.54) is 0 Å². The second kappa shape index (κ2) is 13.2. The summed E-state index contributed by atoms with van der Waals surface area (Å²) in [5.41, 5.74) is 35.5. The van der Waals surface area contributed by atoms with Crippen LogP contribution in [0.5, 0.6) is 0 Å². The van der Waals surface area contributed by atoms with Gasteiger partial charge in [0.2, 0.25) is 0 Å². The van der Waals surface area contributed by atoms with Crippen molar-refractivity contribution in [3.05, 3.63) is 41.8 Å². The summed E-state index contributed by atoms with van der Waals surface area (Å²) in [6.07, 6.45) is -10.9. The van der Waals surface area contributed by atoms with Crippen molar-refractivity contribution in [3.63, 3.8) is 0 Å². The van der Waals surface area contributed by atoms with Crippen LogP contribution in [0.2, 0.25) is 0 Å². The molecular formula is C16H22N12O8. The van der Waals surface area contributed by atoms with Crippen LogP contribution < -0.4 is 0 Å². The summed E-state index contributed by atoms with van der Waals surface area (Å²) >= 11 is 0. The van der Waals surface area contributed by atoms with Crippen LogP contribution in [-0.4, -0.2) is 89.7 Å². The average molecular weight is 510 g/mol. The number of aliphatic hydroxyl groups is 2. The molecule has 20 heteroatoms. The molecule has 0 unspecified atom stereocenters. The van der Waals surface area contributed by atoms with Gasteiger partial charge >= 0.3 is 11.9 Å². The first-order valence-corrected chi connectivity index (χ1v) is 10.3. The summed E-state index contributed by atoms with van der Waals surface area (Å²) in [6, 6.07) is -3.86. The number of carbonyl (C=O) groups is 2. The SMILES string of the molecule is CC(=O)O[C@@H]1[C@@H](N=[N+]=[N-])[C@@H](O[C@H]2[C@H](O)[C@@H](O)[C@H](N=[N+]=[N-])C[C@@H]2N=[N+]=[N-])O[C@H](CN=[N+]=[N-])[C@H]1OC(C)=O. The highest BCUT2D eigenvalue weighted by Gasteiger charge is 2.53. The Bertz CT molecular complexity index is 1020. The Morgan fingerprint density at radius 3 is 2.00 bits per heavy atom. The monoisotopic (exact) mass is 510 g/mol. The molecule has 194 valence electrons. The summed E-state index contributed by atoms with van der Waals surface area (Å²) in [5, 5.41) is 34.9. The number of hydrogen-bond acceptors (Lipinski definition) is 12. The number of esters is 2. The van der Waals surface area contributed by atoms with E-state index in [0.29, 0.717) is 0 Å². The normalized spacial score (nSPS) is 35.4. The molecule has 0 bridgehead atoms. The maximum absolute atomic E-state index is 11.8. The lowest BCUT2D eigenvalue weighted by molar-refractivity contribution is -0.291. The van der Waals surface area contributed by atoms with E-state index in [1.807, 2.05) is 0 Å². The van der Waals surface area contributed by atoms with Crippen molar-refractivity contribution in [2.45, 2.75) is 81.3 Å². The molecule has 0 aromatic rings. The molecular weight excluding hydrogens is 488 g/mol. The van der Waals surface area contributed by atoms with Crippen molar-refractivity contribution >= 4 is 11.9 Å². The van der Waals surface area contributed by atoms with Crippen molar-refractivity contribution in [1.29, 1.82) is 0 Å². The maximum Gasteiger partial charge on any atom is 0.303 e. The Labute approximate surface area is 201 Å². The number of rotatable bonds is 9. The molecule has 20 nitrogen and oxygen atoms in total. The molecule has 0 amide bonds. The zero-order chi connectivity index (χ0) is 26.8. The molecule has 2 aliphatic rings. The fourth-order valence-corrected chi connectivity index (χ4v) is 3.97. The summed E-state index contributed by atoms with van der Waals surface area (Å²) in [7, 11) is 0. The second-order valence-electron chi connectivity index (χ2n) is 7.66. The molecule has 2 N–H and O–H groups in total. The Morgan fingerprint density at radius 1 is 0.861 bits per heavy atom. The first-order valence-electron chi connectivity index (χ1n) is 10.3. The van der Waals surface area contributed by atoms with Crippen molar-refractivity contribution in [3.8, 4) is 0 Å². The fraction of sp³-hybridized carbons (Fsp3) is 0.875. The minimum atomic E-state index is -1.77. The van der Waals surface area contributed by atoms with Crippen LogP contribution in [-0.2, 0) is 28.5 Å². The number of carbonyl (C=O) groups excluding carboxylic acids is 2. The lowest BCUT2D eigenvalue weighted by Crippen LogP contribution is -2.63. The van der Waals surface area contributed by atoms with Crippen molar-refractivity contribution in [2.24, 2.45) is 20.5 Å². The standard InChI is InChI=1S/C16H22N12O8/c1-5(29)33-14-9(4-21-25-17)35-16(10(24-28-20)15(14)34-6(2)30)36-13-8(23-27-19)3-7(22-26-18)11(31)12(13)32/h7-16,31-32H,3-4H2,1-2H3/t7-,8+,9-,10-,11+,12-,13-,14-,15-,16-/m1/s1. The van der Waals surface area contributed by atoms with Gasteiger partial charge in [0.05, 0.1) is 30.8 Å². The highest BCUT2D eigenvalue weighted by atomic mass is 16.7. The van der Waals surface area contributed by atoms with Gasteiger partial charge in [0, 0.05) is 33.5 Å². The Balaban J connectivity index is 2.51. The summed E-state index contributed by atoms with van der Waals surface area (Å²) in [4.78, 5) is 34.1. The minimum Gasteiger partial charge on any atom is -0.458 e. The molecule has 0 spiro atoms.